The van der Waals surface area contributed by atoms with Gasteiger partial charge < -0.3 is 0 Å². The number of ketones is 1. The number of carbonyl (C=O) groups is 1. The van der Waals surface area contributed by atoms with Crippen LogP contribution in [0.25, 0.3) is 11.6 Å². The van der Waals surface area contributed by atoms with Crippen molar-refractivity contribution in [2.75, 3.05) is 13.6 Å². The van der Waals surface area contributed by atoms with Crippen molar-refractivity contribution in [3.8, 4) is 0 Å². The highest BCUT2D eigenvalue weighted by molar-refractivity contribution is 6.32. The monoisotopic (exact) mass is 435 g/mol. The van der Waals surface area contributed by atoms with Crippen LogP contribution in [0.5, 0.6) is 0 Å². The van der Waals surface area contributed by atoms with E-state index >= 15 is 0 Å². The molecule has 3 aromatic carbocycles. The maximum absolute atomic E-state index is 13.3. The van der Waals surface area contributed by atoms with Gasteiger partial charge in [-0.05, 0) is 41.9 Å². The number of alkyl halides is 3. The largest absolute Gasteiger partial charge is 0.416 e. The molecule has 32 heavy (non-hydrogen) atoms. The minimum Gasteiger partial charge on any atom is -0.298 e. The second-order valence-electron chi connectivity index (χ2n) is 7.63. The van der Waals surface area contributed by atoms with Crippen LogP contribution in [0.3, 0.4) is 0 Å². The van der Waals surface area contributed by atoms with Gasteiger partial charge in [-0.15, -0.1) is 0 Å². The van der Waals surface area contributed by atoms with Crippen molar-refractivity contribution in [2.24, 2.45) is 0 Å². The van der Waals surface area contributed by atoms with Crippen LogP contribution in [0.1, 0.15) is 22.3 Å². The van der Waals surface area contributed by atoms with Gasteiger partial charge in [-0.25, -0.2) is 0 Å². The van der Waals surface area contributed by atoms with Crippen molar-refractivity contribution < 1.29 is 18.0 Å². The van der Waals surface area contributed by atoms with E-state index < -0.39 is 11.7 Å². The van der Waals surface area contributed by atoms with Gasteiger partial charge in [0.1, 0.15) is 0 Å². The summed E-state index contributed by atoms with van der Waals surface area (Å²) in [6.07, 6.45) is -2.79. The Morgan fingerprint density at radius 1 is 0.906 bits per heavy atom. The molecule has 0 radical (unpaired) electrons. The zero-order chi connectivity index (χ0) is 23.1. The fourth-order valence-electron chi connectivity index (χ4n) is 3.37. The average molecular weight is 435 g/mol. The maximum Gasteiger partial charge on any atom is 0.416 e. The Morgan fingerprint density at radius 2 is 1.47 bits per heavy atom. The fraction of sp³-hybridized carbons (Fsp3) is 0.148. The third-order valence-corrected chi connectivity index (χ3v) is 4.96. The number of Topliss-reactive ketones (excluding diaryl/α,β-unsaturated/α-hetero) is 1. The summed E-state index contributed by atoms with van der Waals surface area (Å²) in [7, 11) is 1.91. The van der Waals surface area contributed by atoms with E-state index in [4.69, 9.17) is 0 Å². The molecule has 0 fully saturated rings. The van der Waals surface area contributed by atoms with Gasteiger partial charge in [0.2, 0.25) is 0 Å². The quantitative estimate of drug-likeness (QED) is 0.297. The highest BCUT2D eigenvalue weighted by Gasteiger charge is 2.29. The van der Waals surface area contributed by atoms with Crippen LogP contribution in [0.2, 0.25) is 0 Å². The molecule has 0 unspecified atom stereocenters. The molecule has 0 amide bonds. The standard InChI is InChI=1S/C27H24F3NO/c1-20(18-31(2)19-22-9-5-3-6-10-22)26(32)25(23-11-7-4-8-12-23)17-21-13-15-24(16-14-21)27(28,29)30/h3-17H,1,18-19H2,2H3/b25-17+. The molecule has 0 heterocycles. The summed E-state index contributed by atoms with van der Waals surface area (Å²) in [5, 5.41) is 0. The molecule has 3 rings (SSSR count). The Hall–Kier alpha value is -3.44. The van der Waals surface area contributed by atoms with Crippen molar-refractivity contribution in [2.45, 2.75) is 12.7 Å². The summed E-state index contributed by atoms with van der Waals surface area (Å²) in [6.45, 7) is 5.02. The van der Waals surface area contributed by atoms with E-state index in [2.05, 4.69) is 6.58 Å². The second-order valence-corrected chi connectivity index (χ2v) is 7.63. The lowest BCUT2D eigenvalue weighted by molar-refractivity contribution is -0.137. The van der Waals surface area contributed by atoms with Crippen molar-refractivity contribution in [3.05, 3.63) is 119 Å². The maximum atomic E-state index is 13.3. The molecule has 0 spiro atoms. The van der Waals surface area contributed by atoms with E-state index in [0.29, 0.717) is 35.4 Å². The van der Waals surface area contributed by atoms with E-state index in [1.807, 2.05) is 60.5 Å². The molecule has 0 N–H and O–H groups in total. The highest BCUT2D eigenvalue weighted by atomic mass is 19.4. The van der Waals surface area contributed by atoms with Crippen molar-refractivity contribution >= 4 is 17.4 Å². The van der Waals surface area contributed by atoms with E-state index in [1.54, 1.807) is 18.2 Å². The molecule has 0 saturated heterocycles. The third-order valence-electron chi connectivity index (χ3n) is 4.96. The second kappa shape index (κ2) is 10.2. The first-order valence-electron chi connectivity index (χ1n) is 10.1. The summed E-state index contributed by atoms with van der Waals surface area (Å²) in [5.74, 6) is -0.240. The van der Waals surface area contributed by atoms with Crippen LogP contribution >= 0.6 is 0 Å². The highest BCUT2D eigenvalue weighted by Crippen LogP contribution is 2.30. The van der Waals surface area contributed by atoms with Gasteiger partial charge in [0.25, 0.3) is 0 Å². The molecule has 5 heteroatoms. The van der Waals surface area contributed by atoms with Crippen LogP contribution in [0.4, 0.5) is 13.2 Å². The number of rotatable bonds is 8. The van der Waals surface area contributed by atoms with Gasteiger partial charge in [0.05, 0.1) is 5.56 Å². The molecule has 0 aromatic heterocycles. The topological polar surface area (TPSA) is 20.3 Å². The number of nitrogens with zero attached hydrogens (tertiary/aromatic N) is 1. The Bertz CT molecular complexity index is 1090. The van der Waals surface area contributed by atoms with Gasteiger partial charge in [0, 0.05) is 24.2 Å². The number of carbonyl (C=O) groups excluding carboxylic acids is 1. The Balaban J connectivity index is 1.83. The van der Waals surface area contributed by atoms with Crippen LogP contribution < -0.4 is 0 Å². The number of hydrogen-bond acceptors (Lipinski definition) is 2. The van der Waals surface area contributed by atoms with E-state index in [9.17, 15) is 18.0 Å². The molecule has 3 aromatic rings. The summed E-state index contributed by atoms with van der Waals surface area (Å²) in [5.41, 5.74) is 2.39. The average Bonchev–Trinajstić information content (AvgIpc) is 2.78. The number of halogens is 3. The Morgan fingerprint density at radius 3 is 2.03 bits per heavy atom. The van der Waals surface area contributed by atoms with Gasteiger partial charge in [-0.3, -0.25) is 9.69 Å². The fourth-order valence-corrected chi connectivity index (χ4v) is 3.37. The normalized spacial score (nSPS) is 12.1. The SMILES string of the molecule is C=C(CN(C)Cc1ccccc1)C(=O)/C(=C/c1ccc(C(F)(F)F)cc1)c1ccccc1. The molecule has 0 aliphatic carbocycles. The third kappa shape index (κ3) is 6.28. The van der Waals surface area contributed by atoms with Gasteiger partial charge >= 0.3 is 6.18 Å². The molecule has 0 atom stereocenters. The summed E-state index contributed by atoms with van der Waals surface area (Å²) in [4.78, 5) is 15.3. The zero-order valence-electron chi connectivity index (χ0n) is 17.8. The van der Waals surface area contributed by atoms with Crippen LogP contribution in [0.15, 0.2) is 97.1 Å². The molecule has 0 aliphatic heterocycles. The number of hydrogen-bond donors (Lipinski definition) is 0. The summed E-state index contributed by atoms with van der Waals surface area (Å²) < 4.78 is 38.6. The van der Waals surface area contributed by atoms with Crippen molar-refractivity contribution in [1.82, 2.24) is 4.90 Å². The first-order chi connectivity index (χ1) is 15.2. The zero-order valence-corrected chi connectivity index (χ0v) is 17.8. The first kappa shape index (κ1) is 23.2. The molecular weight excluding hydrogens is 411 g/mol. The minimum absolute atomic E-state index is 0.240. The predicted molar refractivity (Wildman–Crippen MR) is 123 cm³/mol. The lowest BCUT2D eigenvalue weighted by Gasteiger charge is -2.18. The van der Waals surface area contributed by atoms with Crippen LogP contribution in [-0.4, -0.2) is 24.3 Å². The first-order valence-corrected chi connectivity index (χ1v) is 10.1. The Labute approximate surface area is 186 Å². The molecule has 0 saturated carbocycles. The lowest BCUT2D eigenvalue weighted by atomic mass is 9.94. The minimum atomic E-state index is -4.40. The number of likely N-dealkylation sites (N-methyl/N-ethyl adjacent to an activating group) is 1. The lowest BCUT2D eigenvalue weighted by Crippen LogP contribution is -2.23. The van der Waals surface area contributed by atoms with E-state index in [1.165, 1.54) is 12.1 Å². The van der Waals surface area contributed by atoms with Gasteiger partial charge in [0.15, 0.2) is 5.78 Å². The summed E-state index contributed by atoms with van der Waals surface area (Å²) >= 11 is 0. The molecule has 0 aliphatic rings. The smallest absolute Gasteiger partial charge is 0.298 e. The van der Waals surface area contributed by atoms with Gasteiger partial charge in [-0.2, -0.15) is 13.2 Å². The summed E-state index contributed by atoms with van der Waals surface area (Å²) in [6, 6.07) is 23.7. The molecule has 164 valence electrons. The number of allylic oxidation sites excluding steroid dienone is 1. The molecule has 0 bridgehead atoms. The van der Waals surface area contributed by atoms with Crippen molar-refractivity contribution in [3.63, 3.8) is 0 Å². The van der Waals surface area contributed by atoms with Crippen LogP contribution in [-0.2, 0) is 17.5 Å². The molecule has 2 nitrogen and oxygen atoms in total. The van der Waals surface area contributed by atoms with E-state index in [0.717, 1.165) is 17.7 Å². The van der Waals surface area contributed by atoms with Crippen LogP contribution in [0, 0.1) is 0 Å². The predicted octanol–water partition coefficient (Wildman–Crippen LogP) is 6.50. The van der Waals surface area contributed by atoms with Gasteiger partial charge in [-0.1, -0.05) is 79.4 Å². The number of benzene rings is 3. The molecular formula is C27H24F3NO. The van der Waals surface area contributed by atoms with Crippen molar-refractivity contribution in [1.29, 1.82) is 0 Å². The van der Waals surface area contributed by atoms with E-state index in [-0.39, 0.29) is 5.78 Å². The Kier molecular flexibility index (Phi) is 7.44.